The predicted octanol–water partition coefficient (Wildman–Crippen LogP) is 4.55. The van der Waals surface area contributed by atoms with E-state index in [0.717, 1.165) is 10.9 Å². The van der Waals surface area contributed by atoms with Gasteiger partial charge in [-0.1, -0.05) is 17.3 Å². The first kappa shape index (κ1) is 20.9. The van der Waals surface area contributed by atoms with Crippen molar-refractivity contribution >= 4 is 32.7 Å². The molecule has 7 nitrogen and oxygen atoms in total. The van der Waals surface area contributed by atoms with Gasteiger partial charge >= 0.3 is 6.18 Å². The van der Waals surface area contributed by atoms with E-state index in [4.69, 9.17) is 15.0 Å². The Morgan fingerprint density at radius 1 is 1.23 bits per heavy atom. The van der Waals surface area contributed by atoms with Crippen LogP contribution in [0.5, 0.6) is 5.75 Å². The molecule has 2 N–H and O–H groups in total. The first-order valence-corrected chi connectivity index (χ1v) is 9.70. The number of nitrogens with two attached hydrogens (primary N) is 1. The van der Waals surface area contributed by atoms with Crippen molar-refractivity contribution in [3.8, 4) is 28.6 Å². The molecular weight excluding hydrogens is 481 g/mol. The maximum Gasteiger partial charge on any atom is 0.422 e. The second-order valence-electron chi connectivity index (χ2n) is 6.62. The SMILES string of the molecule is NC(=O)Cn1ccc2c(-c3noc(-c4ccc(OCC(F)(F)F)c(Br)c4)n3)cccc21. The van der Waals surface area contributed by atoms with Gasteiger partial charge in [-0.25, -0.2) is 0 Å². The number of fused-ring (bicyclic) bond motifs is 1. The van der Waals surface area contributed by atoms with Crippen LogP contribution in [0.2, 0.25) is 0 Å². The minimum atomic E-state index is -4.43. The third-order valence-corrected chi connectivity index (χ3v) is 5.00. The molecule has 0 fully saturated rings. The molecule has 4 aromatic rings. The van der Waals surface area contributed by atoms with E-state index in [0.29, 0.717) is 21.4 Å². The summed E-state index contributed by atoms with van der Waals surface area (Å²) in [5, 5.41) is 4.83. The fourth-order valence-corrected chi connectivity index (χ4v) is 3.58. The number of aromatic nitrogens is 3. The Balaban J connectivity index is 1.62. The highest BCUT2D eigenvalue weighted by atomic mass is 79.9. The van der Waals surface area contributed by atoms with Crippen molar-refractivity contribution in [3.63, 3.8) is 0 Å². The van der Waals surface area contributed by atoms with Crippen molar-refractivity contribution in [1.82, 2.24) is 14.7 Å². The van der Waals surface area contributed by atoms with E-state index in [9.17, 15) is 18.0 Å². The Hall–Kier alpha value is -3.34. The molecule has 2 aromatic heterocycles. The van der Waals surface area contributed by atoms with Crippen LogP contribution in [-0.2, 0) is 11.3 Å². The summed E-state index contributed by atoms with van der Waals surface area (Å²) in [5.74, 6) is 0.0944. The van der Waals surface area contributed by atoms with Crippen LogP contribution in [-0.4, -0.2) is 33.4 Å². The molecule has 0 aliphatic carbocycles. The molecule has 160 valence electrons. The Kier molecular flexibility index (Phi) is 5.44. The third-order valence-electron chi connectivity index (χ3n) is 4.38. The maximum atomic E-state index is 12.4. The van der Waals surface area contributed by atoms with Crippen LogP contribution in [0.1, 0.15) is 0 Å². The van der Waals surface area contributed by atoms with Crippen molar-refractivity contribution in [3.05, 3.63) is 53.1 Å². The number of primary amides is 1. The molecule has 2 heterocycles. The molecule has 1 amide bonds. The van der Waals surface area contributed by atoms with Crippen LogP contribution >= 0.6 is 15.9 Å². The molecule has 11 heteroatoms. The van der Waals surface area contributed by atoms with E-state index in [2.05, 4.69) is 26.1 Å². The lowest BCUT2D eigenvalue weighted by atomic mass is 10.1. The monoisotopic (exact) mass is 494 g/mol. The minimum absolute atomic E-state index is 0.0429. The molecule has 31 heavy (non-hydrogen) atoms. The first-order valence-electron chi connectivity index (χ1n) is 8.91. The smallest absolute Gasteiger partial charge is 0.422 e. The Morgan fingerprint density at radius 3 is 2.74 bits per heavy atom. The lowest BCUT2D eigenvalue weighted by Crippen LogP contribution is -2.19. The van der Waals surface area contributed by atoms with Crippen molar-refractivity contribution < 1.29 is 27.2 Å². The average molecular weight is 495 g/mol. The molecule has 0 atom stereocenters. The summed E-state index contributed by atoms with van der Waals surface area (Å²) in [5.41, 5.74) is 7.27. The van der Waals surface area contributed by atoms with Gasteiger partial charge in [-0.05, 0) is 46.3 Å². The minimum Gasteiger partial charge on any atom is -0.483 e. The van der Waals surface area contributed by atoms with Gasteiger partial charge in [0.2, 0.25) is 11.7 Å². The normalized spacial score (nSPS) is 11.7. The number of amides is 1. The Labute approximate surface area is 181 Å². The van der Waals surface area contributed by atoms with E-state index in [1.807, 2.05) is 18.2 Å². The van der Waals surface area contributed by atoms with Gasteiger partial charge < -0.3 is 19.6 Å². The molecule has 0 aliphatic heterocycles. The highest BCUT2D eigenvalue weighted by molar-refractivity contribution is 9.10. The van der Waals surface area contributed by atoms with E-state index in [-0.39, 0.29) is 18.2 Å². The van der Waals surface area contributed by atoms with E-state index in [1.54, 1.807) is 16.8 Å². The maximum absolute atomic E-state index is 12.4. The molecule has 0 saturated heterocycles. The fraction of sp³-hybridized carbons (Fsp3) is 0.150. The number of carbonyl (C=O) groups excluding carboxylic acids is 1. The van der Waals surface area contributed by atoms with Gasteiger partial charge in [0, 0.05) is 28.2 Å². The standard InChI is InChI=1S/C20H14BrF3N4O3/c21-14-8-11(4-5-16(14)30-10-20(22,23)24)19-26-18(27-31-19)13-2-1-3-15-12(13)6-7-28(15)9-17(25)29/h1-8H,9-10H2,(H2,25,29). The molecule has 0 unspecified atom stereocenters. The van der Waals surface area contributed by atoms with Crippen molar-refractivity contribution in [2.75, 3.05) is 6.61 Å². The molecule has 4 rings (SSSR count). The molecular formula is C20H14BrF3N4O3. The van der Waals surface area contributed by atoms with Gasteiger partial charge in [0.15, 0.2) is 6.61 Å². The number of nitrogens with zero attached hydrogens (tertiary/aromatic N) is 3. The highest BCUT2D eigenvalue weighted by Crippen LogP contribution is 2.33. The Bertz CT molecular complexity index is 1270. The van der Waals surface area contributed by atoms with Gasteiger partial charge in [0.25, 0.3) is 5.89 Å². The van der Waals surface area contributed by atoms with Crippen LogP contribution in [0.3, 0.4) is 0 Å². The zero-order valence-corrected chi connectivity index (χ0v) is 17.3. The van der Waals surface area contributed by atoms with E-state index < -0.39 is 18.7 Å². The summed E-state index contributed by atoms with van der Waals surface area (Å²) in [6.45, 7) is -1.35. The van der Waals surface area contributed by atoms with Gasteiger partial charge in [-0.3, -0.25) is 4.79 Å². The van der Waals surface area contributed by atoms with Crippen molar-refractivity contribution in [2.45, 2.75) is 12.7 Å². The summed E-state index contributed by atoms with van der Waals surface area (Å²) < 4.78 is 49.2. The lowest BCUT2D eigenvalue weighted by molar-refractivity contribution is -0.153. The summed E-state index contributed by atoms with van der Waals surface area (Å²) in [6.07, 6.45) is -2.69. The van der Waals surface area contributed by atoms with Crippen molar-refractivity contribution in [2.24, 2.45) is 5.73 Å². The van der Waals surface area contributed by atoms with Crippen LogP contribution in [0.4, 0.5) is 13.2 Å². The summed E-state index contributed by atoms with van der Waals surface area (Å²) in [4.78, 5) is 15.7. The number of ether oxygens (including phenoxy) is 1. The molecule has 0 saturated carbocycles. The zero-order valence-electron chi connectivity index (χ0n) is 15.7. The summed E-state index contributed by atoms with van der Waals surface area (Å²) >= 11 is 3.20. The number of alkyl halides is 3. The van der Waals surface area contributed by atoms with Crippen LogP contribution in [0, 0.1) is 0 Å². The average Bonchev–Trinajstić information content (AvgIpc) is 3.33. The molecule has 0 spiro atoms. The number of hydrogen-bond donors (Lipinski definition) is 1. The van der Waals surface area contributed by atoms with Crippen LogP contribution in [0.25, 0.3) is 33.7 Å². The largest absolute Gasteiger partial charge is 0.483 e. The van der Waals surface area contributed by atoms with E-state index >= 15 is 0 Å². The third kappa shape index (κ3) is 4.55. The Morgan fingerprint density at radius 2 is 2.03 bits per heavy atom. The fourth-order valence-electron chi connectivity index (χ4n) is 3.08. The van der Waals surface area contributed by atoms with Crippen molar-refractivity contribution in [1.29, 1.82) is 0 Å². The van der Waals surface area contributed by atoms with E-state index in [1.165, 1.54) is 18.2 Å². The van der Waals surface area contributed by atoms with Crippen LogP contribution in [0.15, 0.2) is 57.7 Å². The topological polar surface area (TPSA) is 96.2 Å². The van der Waals surface area contributed by atoms with Gasteiger partial charge in [-0.15, -0.1) is 0 Å². The molecule has 0 bridgehead atoms. The van der Waals surface area contributed by atoms with Gasteiger partial charge in [0.05, 0.1) is 4.47 Å². The second-order valence-corrected chi connectivity index (χ2v) is 7.47. The molecule has 2 aromatic carbocycles. The number of hydrogen-bond acceptors (Lipinski definition) is 5. The zero-order chi connectivity index (χ0) is 22.2. The van der Waals surface area contributed by atoms with Gasteiger partial charge in [-0.2, -0.15) is 18.2 Å². The first-order chi connectivity index (χ1) is 14.7. The highest BCUT2D eigenvalue weighted by Gasteiger charge is 2.28. The summed E-state index contributed by atoms with van der Waals surface area (Å²) in [7, 11) is 0. The lowest BCUT2D eigenvalue weighted by Gasteiger charge is -2.10. The second kappa shape index (κ2) is 8.06. The molecule has 0 radical (unpaired) electrons. The van der Waals surface area contributed by atoms with Gasteiger partial charge in [0.1, 0.15) is 12.3 Å². The number of carbonyl (C=O) groups is 1. The summed E-state index contributed by atoms with van der Waals surface area (Å²) in [6, 6.07) is 11.7. The van der Waals surface area contributed by atoms with Crippen LogP contribution < -0.4 is 10.5 Å². The number of rotatable bonds is 6. The molecule has 0 aliphatic rings. The predicted molar refractivity (Wildman–Crippen MR) is 109 cm³/mol. The number of halogens is 4. The quantitative estimate of drug-likeness (QED) is 0.424. The number of benzene rings is 2.